The molecule has 0 bridgehead atoms. The van der Waals surface area contributed by atoms with Crippen LogP contribution in [0.5, 0.6) is 0 Å². The quantitative estimate of drug-likeness (QED) is 0.702. The van der Waals surface area contributed by atoms with Gasteiger partial charge in [0.05, 0.1) is 11.7 Å². The summed E-state index contributed by atoms with van der Waals surface area (Å²) in [5.74, 6) is 0. The van der Waals surface area contributed by atoms with Gasteiger partial charge in [0.1, 0.15) is 11.4 Å². The third kappa shape index (κ3) is 1.21. The van der Waals surface area contributed by atoms with Gasteiger partial charge in [-0.2, -0.15) is 13.8 Å². The first-order chi connectivity index (χ1) is 5.77. The summed E-state index contributed by atoms with van der Waals surface area (Å²) in [4.78, 5) is 0. The zero-order valence-corrected chi connectivity index (χ0v) is 7.80. The van der Waals surface area contributed by atoms with Gasteiger partial charge in [0.2, 0.25) is 0 Å². The minimum atomic E-state index is 0.415. The van der Waals surface area contributed by atoms with E-state index in [9.17, 15) is 0 Å². The molecule has 6 heteroatoms. The van der Waals surface area contributed by atoms with E-state index in [-0.39, 0.29) is 0 Å². The Morgan fingerprint density at radius 1 is 1.50 bits per heavy atom. The molecule has 0 fully saturated rings. The van der Waals surface area contributed by atoms with Crippen LogP contribution >= 0.6 is 23.3 Å². The highest BCUT2D eigenvalue weighted by molar-refractivity contribution is 6.99. The predicted molar refractivity (Wildman–Crippen MR) is 47.1 cm³/mol. The van der Waals surface area contributed by atoms with Crippen LogP contribution in [-0.2, 0) is 7.05 Å². The molecule has 0 saturated heterocycles. The summed E-state index contributed by atoms with van der Waals surface area (Å²) in [5, 5.41) is 4.57. The second-order valence-electron chi connectivity index (χ2n) is 2.28. The number of halogens is 1. The molecule has 0 spiro atoms. The predicted octanol–water partition coefficient (Wildman–Crippen LogP) is 1.59. The van der Waals surface area contributed by atoms with E-state index in [1.165, 1.54) is 0 Å². The molecule has 0 saturated carbocycles. The van der Waals surface area contributed by atoms with Crippen LogP contribution in [0.4, 0.5) is 0 Å². The molecule has 2 aromatic rings. The van der Waals surface area contributed by atoms with Gasteiger partial charge in [-0.05, 0) is 6.07 Å². The van der Waals surface area contributed by atoms with Gasteiger partial charge in [0.25, 0.3) is 0 Å². The Morgan fingerprint density at radius 2 is 2.33 bits per heavy atom. The first kappa shape index (κ1) is 7.70. The van der Waals surface area contributed by atoms with Gasteiger partial charge in [-0.3, -0.25) is 4.68 Å². The van der Waals surface area contributed by atoms with Crippen molar-refractivity contribution < 1.29 is 0 Å². The highest BCUT2D eigenvalue weighted by Crippen LogP contribution is 2.23. The van der Waals surface area contributed by atoms with Crippen molar-refractivity contribution in [1.29, 1.82) is 0 Å². The highest BCUT2D eigenvalue weighted by atomic mass is 35.5. The molecule has 12 heavy (non-hydrogen) atoms. The van der Waals surface area contributed by atoms with E-state index in [1.54, 1.807) is 4.68 Å². The Balaban J connectivity index is 2.50. The average Bonchev–Trinajstić information content (AvgIpc) is 2.58. The van der Waals surface area contributed by atoms with Crippen molar-refractivity contribution in [2.45, 2.75) is 0 Å². The molecule has 2 heterocycles. The molecule has 0 amide bonds. The van der Waals surface area contributed by atoms with Crippen molar-refractivity contribution in [3.63, 3.8) is 0 Å². The molecule has 0 radical (unpaired) electrons. The summed E-state index contributed by atoms with van der Waals surface area (Å²) in [5.41, 5.74) is 1.42. The molecular formula is C6H5ClN4S. The van der Waals surface area contributed by atoms with Crippen LogP contribution in [0, 0.1) is 0 Å². The molecule has 0 aliphatic heterocycles. The summed E-state index contributed by atoms with van der Waals surface area (Å²) in [6.45, 7) is 0. The van der Waals surface area contributed by atoms with Gasteiger partial charge in [0, 0.05) is 13.2 Å². The van der Waals surface area contributed by atoms with Crippen LogP contribution in [0.2, 0.25) is 5.15 Å². The zero-order valence-electron chi connectivity index (χ0n) is 6.23. The van der Waals surface area contributed by atoms with Crippen molar-refractivity contribution in [2.24, 2.45) is 7.05 Å². The van der Waals surface area contributed by atoms with E-state index >= 15 is 0 Å². The molecule has 2 rings (SSSR count). The number of aryl methyl sites for hydroxylation is 1. The molecule has 4 nitrogen and oxygen atoms in total. The first-order valence-corrected chi connectivity index (χ1v) is 4.36. The minimum absolute atomic E-state index is 0.415. The summed E-state index contributed by atoms with van der Waals surface area (Å²) in [6, 6.07) is 1.85. The van der Waals surface area contributed by atoms with Gasteiger partial charge >= 0.3 is 0 Å². The Hall–Kier alpha value is -0.940. The third-order valence-corrected chi connectivity index (χ3v) is 2.30. The topological polar surface area (TPSA) is 43.6 Å². The van der Waals surface area contributed by atoms with E-state index in [4.69, 9.17) is 11.6 Å². The normalized spacial score (nSPS) is 10.5. The maximum Gasteiger partial charge on any atom is 0.172 e. The van der Waals surface area contributed by atoms with Crippen LogP contribution < -0.4 is 0 Å². The second-order valence-corrected chi connectivity index (χ2v) is 3.16. The van der Waals surface area contributed by atoms with Gasteiger partial charge in [-0.25, -0.2) is 0 Å². The molecule has 0 aliphatic carbocycles. The molecule has 0 atom stereocenters. The van der Waals surface area contributed by atoms with E-state index in [0.29, 0.717) is 10.8 Å². The lowest BCUT2D eigenvalue weighted by Gasteiger charge is -1.87. The SMILES string of the molecule is Cn1ccc(-c2nsnc2Cl)n1. The molecule has 0 unspecified atom stereocenters. The van der Waals surface area contributed by atoms with Gasteiger partial charge in [0.15, 0.2) is 5.15 Å². The number of nitrogens with zero attached hydrogens (tertiary/aromatic N) is 4. The van der Waals surface area contributed by atoms with Gasteiger partial charge in [-0.1, -0.05) is 11.6 Å². The molecule has 0 N–H and O–H groups in total. The molecule has 2 aromatic heterocycles. The Labute approximate surface area is 78.1 Å². The van der Waals surface area contributed by atoms with Crippen molar-refractivity contribution in [2.75, 3.05) is 0 Å². The van der Waals surface area contributed by atoms with E-state index in [1.807, 2.05) is 19.3 Å². The Morgan fingerprint density at radius 3 is 2.83 bits per heavy atom. The fourth-order valence-corrected chi connectivity index (χ4v) is 1.61. The average molecular weight is 201 g/mol. The van der Waals surface area contributed by atoms with Crippen molar-refractivity contribution in [3.05, 3.63) is 17.4 Å². The van der Waals surface area contributed by atoms with Crippen LogP contribution in [-0.4, -0.2) is 18.5 Å². The lowest BCUT2D eigenvalue weighted by Crippen LogP contribution is -1.87. The molecule has 0 aliphatic rings. The third-order valence-electron chi connectivity index (χ3n) is 1.40. The van der Waals surface area contributed by atoms with Crippen LogP contribution in [0.3, 0.4) is 0 Å². The molecular weight excluding hydrogens is 196 g/mol. The molecule has 0 aromatic carbocycles. The highest BCUT2D eigenvalue weighted by Gasteiger charge is 2.09. The van der Waals surface area contributed by atoms with Crippen LogP contribution in [0.1, 0.15) is 0 Å². The lowest BCUT2D eigenvalue weighted by atomic mass is 10.3. The van der Waals surface area contributed by atoms with E-state index < -0.39 is 0 Å². The number of rotatable bonds is 1. The Bertz CT molecular complexity index is 394. The monoisotopic (exact) mass is 200 g/mol. The fraction of sp³-hybridized carbons (Fsp3) is 0.167. The van der Waals surface area contributed by atoms with E-state index in [2.05, 4.69) is 13.8 Å². The summed E-state index contributed by atoms with van der Waals surface area (Å²) >= 11 is 6.86. The van der Waals surface area contributed by atoms with Gasteiger partial charge < -0.3 is 0 Å². The fourth-order valence-electron chi connectivity index (χ4n) is 0.872. The maximum absolute atomic E-state index is 5.77. The number of hydrogen-bond acceptors (Lipinski definition) is 4. The number of aromatic nitrogens is 4. The van der Waals surface area contributed by atoms with Gasteiger partial charge in [-0.15, -0.1) is 0 Å². The van der Waals surface area contributed by atoms with E-state index in [0.717, 1.165) is 17.4 Å². The summed E-state index contributed by atoms with van der Waals surface area (Å²) in [7, 11) is 1.84. The summed E-state index contributed by atoms with van der Waals surface area (Å²) in [6.07, 6.45) is 1.84. The second kappa shape index (κ2) is 2.84. The Kier molecular flexibility index (Phi) is 1.82. The minimum Gasteiger partial charge on any atom is -0.275 e. The van der Waals surface area contributed by atoms with Crippen LogP contribution in [0.15, 0.2) is 12.3 Å². The largest absolute Gasteiger partial charge is 0.275 e. The zero-order chi connectivity index (χ0) is 8.55. The standard InChI is InChI=1S/C6H5ClN4S/c1-11-3-2-4(8-11)5-6(7)10-12-9-5/h2-3H,1H3. The van der Waals surface area contributed by atoms with Crippen molar-refractivity contribution >= 4 is 23.3 Å². The number of hydrogen-bond donors (Lipinski definition) is 0. The smallest absolute Gasteiger partial charge is 0.172 e. The first-order valence-electron chi connectivity index (χ1n) is 3.25. The molecule has 62 valence electrons. The van der Waals surface area contributed by atoms with Crippen molar-refractivity contribution in [1.82, 2.24) is 18.5 Å². The summed E-state index contributed by atoms with van der Waals surface area (Å²) < 4.78 is 9.57. The van der Waals surface area contributed by atoms with Crippen molar-refractivity contribution in [3.8, 4) is 11.4 Å². The van der Waals surface area contributed by atoms with Crippen LogP contribution in [0.25, 0.3) is 11.4 Å². The lowest BCUT2D eigenvalue weighted by molar-refractivity contribution is 0.770. The maximum atomic E-state index is 5.77.